The van der Waals surface area contributed by atoms with Gasteiger partial charge in [-0.3, -0.25) is 0 Å². The third kappa shape index (κ3) is 5.91. The van der Waals surface area contributed by atoms with E-state index in [9.17, 15) is 8.78 Å². The Morgan fingerprint density at radius 1 is 0.706 bits per heavy atom. The molecule has 0 N–H and O–H groups in total. The lowest BCUT2D eigenvalue weighted by atomic mass is 9.92. The van der Waals surface area contributed by atoms with Crippen LogP contribution in [0.15, 0.2) is 91.0 Å². The molecule has 4 aromatic rings. The Morgan fingerprint density at radius 2 is 1.26 bits per heavy atom. The minimum Gasteiger partial charge on any atom is -0.494 e. The lowest BCUT2D eigenvalue weighted by Crippen LogP contribution is -2.05. The maximum Gasteiger partial charge on any atom is 0.129 e. The first-order chi connectivity index (χ1) is 16.5. The molecule has 1 atom stereocenters. The molecule has 0 fully saturated rings. The van der Waals surface area contributed by atoms with Crippen LogP contribution >= 0.6 is 0 Å². The maximum absolute atomic E-state index is 14.8. The maximum atomic E-state index is 14.8. The first kappa shape index (κ1) is 23.7. The van der Waals surface area contributed by atoms with E-state index in [2.05, 4.69) is 24.3 Å². The normalized spacial score (nSPS) is 11.9. The van der Waals surface area contributed by atoms with E-state index < -0.39 is 11.6 Å². The van der Waals surface area contributed by atoms with E-state index in [0.29, 0.717) is 25.0 Å². The van der Waals surface area contributed by atoms with Crippen molar-refractivity contribution in [3.8, 4) is 16.9 Å². The van der Waals surface area contributed by atoms with Crippen LogP contribution in [0.5, 0.6) is 5.75 Å². The molecule has 1 nitrogen and oxygen atoms in total. The Bertz CT molecular complexity index is 1180. The zero-order valence-electron chi connectivity index (χ0n) is 19.7. The summed E-state index contributed by atoms with van der Waals surface area (Å²) in [6.07, 6.45) is 1.65. The van der Waals surface area contributed by atoms with Gasteiger partial charge < -0.3 is 4.74 Å². The summed E-state index contributed by atoms with van der Waals surface area (Å²) in [6, 6.07) is 29.2. The van der Waals surface area contributed by atoms with Gasteiger partial charge in [-0.15, -0.1) is 0 Å². The van der Waals surface area contributed by atoms with Crippen molar-refractivity contribution < 1.29 is 13.5 Å². The molecule has 0 aliphatic heterocycles. The van der Waals surface area contributed by atoms with Crippen molar-refractivity contribution in [1.82, 2.24) is 0 Å². The average Bonchev–Trinajstić information content (AvgIpc) is 2.86. The Hall–Kier alpha value is -3.46. The topological polar surface area (TPSA) is 9.23 Å². The van der Waals surface area contributed by atoms with Crippen LogP contribution in [0.2, 0.25) is 0 Å². The van der Waals surface area contributed by atoms with Gasteiger partial charge in [0.15, 0.2) is 0 Å². The minimum atomic E-state index is -0.455. The van der Waals surface area contributed by atoms with Gasteiger partial charge in [0.1, 0.15) is 17.4 Å². The molecule has 34 heavy (non-hydrogen) atoms. The number of benzene rings is 4. The predicted octanol–water partition coefficient (Wildman–Crippen LogP) is 8.16. The summed E-state index contributed by atoms with van der Waals surface area (Å²) >= 11 is 0. The third-order valence-electron chi connectivity index (χ3n) is 6.23. The standard InChI is InChI=1S/C31H30F2O/c1-3-34-28-17-15-27(16-18-28)26-13-11-23(12-14-26)9-10-24-20-30(32)29(31(33)21-24)19-22(2)25-7-5-4-6-8-25/h4-8,11-18,20-22H,3,9-10,19H2,1-2H3/t22-/m0/s1. The molecule has 0 aliphatic carbocycles. The van der Waals surface area contributed by atoms with Crippen LogP contribution in [0.4, 0.5) is 8.78 Å². The Morgan fingerprint density at radius 3 is 1.85 bits per heavy atom. The van der Waals surface area contributed by atoms with E-state index in [4.69, 9.17) is 4.74 Å². The van der Waals surface area contributed by atoms with Gasteiger partial charge in [-0.1, -0.05) is 73.7 Å². The van der Waals surface area contributed by atoms with Crippen molar-refractivity contribution in [3.05, 3.63) is 125 Å². The fourth-order valence-corrected chi connectivity index (χ4v) is 4.26. The molecule has 3 heteroatoms. The van der Waals surface area contributed by atoms with Crippen molar-refractivity contribution >= 4 is 0 Å². The second-order valence-electron chi connectivity index (χ2n) is 8.71. The number of ether oxygens (including phenoxy) is 1. The molecule has 0 unspecified atom stereocenters. The van der Waals surface area contributed by atoms with Crippen LogP contribution in [0.3, 0.4) is 0 Å². The highest BCUT2D eigenvalue weighted by Crippen LogP contribution is 2.26. The fraction of sp³-hybridized carbons (Fsp3) is 0.226. The van der Waals surface area contributed by atoms with Gasteiger partial charge in [-0.2, -0.15) is 0 Å². The minimum absolute atomic E-state index is 0.0462. The van der Waals surface area contributed by atoms with Crippen molar-refractivity contribution in [3.63, 3.8) is 0 Å². The van der Waals surface area contributed by atoms with E-state index in [1.54, 1.807) is 0 Å². The SMILES string of the molecule is CCOc1ccc(-c2ccc(CCc3cc(F)c(C[C@H](C)c4ccccc4)c(F)c3)cc2)cc1. The van der Waals surface area contributed by atoms with E-state index >= 15 is 0 Å². The first-order valence-corrected chi connectivity index (χ1v) is 11.9. The Labute approximate surface area is 201 Å². The first-order valence-electron chi connectivity index (χ1n) is 11.9. The molecule has 4 rings (SSSR count). The van der Waals surface area contributed by atoms with Crippen LogP contribution in [0.1, 0.15) is 42.0 Å². The molecule has 0 bridgehead atoms. The molecule has 0 spiro atoms. The Balaban J connectivity index is 1.38. The van der Waals surface area contributed by atoms with Gasteiger partial charge in [0, 0.05) is 5.56 Å². The molecule has 0 amide bonds. The van der Waals surface area contributed by atoms with E-state index in [1.807, 2.05) is 68.4 Å². The third-order valence-corrected chi connectivity index (χ3v) is 6.23. The molecule has 0 saturated heterocycles. The highest BCUT2D eigenvalue weighted by Gasteiger charge is 2.16. The summed E-state index contributed by atoms with van der Waals surface area (Å²) in [4.78, 5) is 0. The number of aryl methyl sites for hydroxylation is 2. The quantitative estimate of drug-likeness (QED) is 0.247. The number of hydrogen-bond acceptors (Lipinski definition) is 1. The molecule has 0 heterocycles. The molecule has 4 aromatic carbocycles. The van der Waals surface area contributed by atoms with Gasteiger partial charge in [0.2, 0.25) is 0 Å². The average molecular weight is 457 g/mol. The fourth-order valence-electron chi connectivity index (χ4n) is 4.26. The van der Waals surface area contributed by atoms with E-state index in [0.717, 1.165) is 34.4 Å². The van der Waals surface area contributed by atoms with E-state index in [1.165, 1.54) is 12.1 Å². The van der Waals surface area contributed by atoms with Gasteiger partial charge in [0.05, 0.1) is 6.61 Å². The number of halogens is 2. The van der Waals surface area contributed by atoms with Crippen LogP contribution in [-0.2, 0) is 19.3 Å². The molecular weight excluding hydrogens is 426 g/mol. The molecule has 0 radical (unpaired) electrons. The van der Waals surface area contributed by atoms with Gasteiger partial charge in [-0.25, -0.2) is 8.78 Å². The zero-order valence-corrected chi connectivity index (χ0v) is 19.7. The number of rotatable bonds is 9. The van der Waals surface area contributed by atoms with Crippen molar-refractivity contribution in [2.45, 2.75) is 39.0 Å². The van der Waals surface area contributed by atoms with Crippen LogP contribution in [-0.4, -0.2) is 6.61 Å². The smallest absolute Gasteiger partial charge is 0.129 e. The summed E-state index contributed by atoms with van der Waals surface area (Å²) in [5, 5.41) is 0. The lowest BCUT2D eigenvalue weighted by Gasteiger charge is -2.14. The summed E-state index contributed by atoms with van der Waals surface area (Å²) in [7, 11) is 0. The van der Waals surface area contributed by atoms with Crippen molar-refractivity contribution in [1.29, 1.82) is 0 Å². The van der Waals surface area contributed by atoms with Gasteiger partial charge in [-0.05, 0) is 84.2 Å². The number of hydrogen-bond donors (Lipinski definition) is 0. The van der Waals surface area contributed by atoms with Crippen LogP contribution < -0.4 is 4.74 Å². The largest absolute Gasteiger partial charge is 0.494 e. The molecular formula is C31H30F2O. The van der Waals surface area contributed by atoms with Crippen molar-refractivity contribution in [2.75, 3.05) is 6.61 Å². The molecule has 0 saturated carbocycles. The van der Waals surface area contributed by atoms with Gasteiger partial charge >= 0.3 is 0 Å². The highest BCUT2D eigenvalue weighted by molar-refractivity contribution is 5.64. The Kier molecular flexibility index (Phi) is 7.74. The molecule has 0 aliphatic rings. The summed E-state index contributed by atoms with van der Waals surface area (Å²) in [6.45, 7) is 4.62. The summed E-state index contributed by atoms with van der Waals surface area (Å²) in [5.74, 6) is 0.0000666. The van der Waals surface area contributed by atoms with Gasteiger partial charge in [0.25, 0.3) is 0 Å². The van der Waals surface area contributed by atoms with Crippen LogP contribution in [0, 0.1) is 11.6 Å². The van der Waals surface area contributed by atoms with E-state index in [-0.39, 0.29) is 11.5 Å². The second kappa shape index (κ2) is 11.1. The summed E-state index contributed by atoms with van der Waals surface area (Å²) < 4.78 is 35.1. The monoisotopic (exact) mass is 456 g/mol. The zero-order chi connectivity index (χ0) is 23.9. The molecule has 174 valence electrons. The molecule has 0 aromatic heterocycles. The van der Waals surface area contributed by atoms with Crippen molar-refractivity contribution in [2.24, 2.45) is 0 Å². The van der Waals surface area contributed by atoms with Crippen LogP contribution in [0.25, 0.3) is 11.1 Å². The second-order valence-corrected chi connectivity index (χ2v) is 8.71. The predicted molar refractivity (Wildman–Crippen MR) is 135 cm³/mol. The summed E-state index contributed by atoms with van der Waals surface area (Å²) in [5.41, 5.74) is 5.32. The highest BCUT2D eigenvalue weighted by atomic mass is 19.1. The lowest BCUT2D eigenvalue weighted by molar-refractivity contribution is 0.340.